The number of carbonyl (C=O) groups excluding carboxylic acids is 2. The Kier molecular flexibility index (Phi) is 6.80. The third-order valence-electron chi connectivity index (χ3n) is 4.47. The number of nitrogens with one attached hydrogen (secondary N) is 2. The highest BCUT2D eigenvalue weighted by Crippen LogP contribution is 2.20. The van der Waals surface area contributed by atoms with Crippen LogP contribution in [0.4, 0.5) is 10.1 Å². The summed E-state index contributed by atoms with van der Waals surface area (Å²) in [6, 6.07) is 20.0. The second-order valence-electron chi connectivity index (χ2n) is 6.94. The van der Waals surface area contributed by atoms with Crippen molar-refractivity contribution in [3.05, 3.63) is 95.3 Å². The van der Waals surface area contributed by atoms with Crippen molar-refractivity contribution < 1.29 is 18.7 Å². The molecule has 0 aromatic heterocycles. The quantitative estimate of drug-likeness (QED) is 0.589. The van der Waals surface area contributed by atoms with Crippen LogP contribution in [0.5, 0.6) is 5.75 Å². The molecule has 30 heavy (non-hydrogen) atoms. The highest BCUT2D eigenvalue weighted by molar-refractivity contribution is 5.95. The van der Waals surface area contributed by atoms with E-state index in [9.17, 15) is 14.0 Å². The topological polar surface area (TPSA) is 67.4 Å². The third kappa shape index (κ3) is 5.91. The molecule has 0 radical (unpaired) electrons. The molecule has 0 fully saturated rings. The number of halogens is 1. The molecule has 6 heteroatoms. The van der Waals surface area contributed by atoms with E-state index in [-0.39, 0.29) is 30.3 Å². The smallest absolute Gasteiger partial charge is 0.251 e. The molecule has 0 aliphatic heterocycles. The van der Waals surface area contributed by atoms with Gasteiger partial charge in [-0.2, -0.15) is 0 Å². The lowest BCUT2D eigenvalue weighted by Crippen LogP contribution is -2.26. The molecular formula is C24H23FN2O3. The predicted molar refractivity (Wildman–Crippen MR) is 114 cm³/mol. The Balaban J connectivity index is 1.63. The number of carbonyl (C=O) groups is 2. The van der Waals surface area contributed by atoms with Crippen LogP contribution in [0.2, 0.25) is 0 Å². The van der Waals surface area contributed by atoms with Gasteiger partial charge in [0.1, 0.15) is 18.2 Å². The Morgan fingerprint density at radius 1 is 1.00 bits per heavy atom. The molecule has 3 aromatic carbocycles. The van der Waals surface area contributed by atoms with Crippen molar-refractivity contribution in [2.24, 2.45) is 0 Å². The minimum atomic E-state index is -0.297. The molecule has 0 spiro atoms. The van der Waals surface area contributed by atoms with Crippen LogP contribution in [0.15, 0.2) is 72.8 Å². The van der Waals surface area contributed by atoms with Gasteiger partial charge < -0.3 is 15.4 Å². The van der Waals surface area contributed by atoms with Gasteiger partial charge in [-0.15, -0.1) is 0 Å². The fourth-order valence-electron chi connectivity index (χ4n) is 2.93. The minimum absolute atomic E-state index is 0.152. The summed E-state index contributed by atoms with van der Waals surface area (Å²) in [7, 11) is 0. The van der Waals surface area contributed by atoms with Gasteiger partial charge in [0.2, 0.25) is 5.91 Å². The SMILES string of the molecule is CC(=O)Nc1cccc(C(C)NC(=O)c2cccc(OCc3ccc(F)cc3)c2)c1. The van der Waals surface area contributed by atoms with Crippen molar-refractivity contribution in [1.82, 2.24) is 5.32 Å². The van der Waals surface area contributed by atoms with Gasteiger partial charge in [-0.3, -0.25) is 9.59 Å². The number of hydrogen-bond donors (Lipinski definition) is 2. The summed E-state index contributed by atoms with van der Waals surface area (Å²) < 4.78 is 18.7. The lowest BCUT2D eigenvalue weighted by atomic mass is 10.1. The molecule has 0 saturated heterocycles. The first-order valence-electron chi connectivity index (χ1n) is 9.56. The summed E-state index contributed by atoms with van der Waals surface area (Å²) >= 11 is 0. The van der Waals surface area contributed by atoms with Crippen LogP contribution >= 0.6 is 0 Å². The van der Waals surface area contributed by atoms with E-state index >= 15 is 0 Å². The average molecular weight is 406 g/mol. The van der Waals surface area contributed by atoms with Crippen LogP contribution in [-0.4, -0.2) is 11.8 Å². The molecule has 3 rings (SSSR count). The maximum absolute atomic E-state index is 13.0. The molecule has 154 valence electrons. The lowest BCUT2D eigenvalue weighted by Gasteiger charge is -2.16. The second-order valence-corrected chi connectivity index (χ2v) is 6.94. The monoisotopic (exact) mass is 406 g/mol. The summed E-state index contributed by atoms with van der Waals surface area (Å²) in [5.41, 5.74) is 2.85. The van der Waals surface area contributed by atoms with Crippen molar-refractivity contribution >= 4 is 17.5 Å². The molecule has 3 aromatic rings. The molecule has 0 saturated carbocycles. The molecule has 0 aliphatic rings. The zero-order chi connectivity index (χ0) is 21.5. The van der Waals surface area contributed by atoms with Crippen LogP contribution in [0.25, 0.3) is 0 Å². The van der Waals surface area contributed by atoms with Crippen molar-refractivity contribution in [3.8, 4) is 5.75 Å². The van der Waals surface area contributed by atoms with E-state index in [4.69, 9.17) is 4.74 Å². The first kappa shape index (κ1) is 21.0. The van der Waals surface area contributed by atoms with Gasteiger partial charge in [0, 0.05) is 18.2 Å². The summed E-state index contributed by atoms with van der Waals surface area (Å²) in [5, 5.41) is 5.69. The fourth-order valence-corrected chi connectivity index (χ4v) is 2.93. The molecule has 1 atom stereocenters. The highest BCUT2D eigenvalue weighted by atomic mass is 19.1. The van der Waals surface area contributed by atoms with E-state index in [0.717, 1.165) is 11.1 Å². The van der Waals surface area contributed by atoms with Gasteiger partial charge in [0.25, 0.3) is 5.91 Å². The van der Waals surface area contributed by atoms with Crippen molar-refractivity contribution in [2.75, 3.05) is 5.32 Å². The van der Waals surface area contributed by atoms with Gasteiger partial charge in [0.05, 0.1) is 6.04 Å². The zero-order valence-corrected chi connectivity index (χ0v) is 16.8. The van der Waals surface area contributed by atoms with Gasteiger partial charge in [-0.1, -0.05) is 30.3 Å². The van der Waals surface area contributed by atoms with Crippen LogP contribution in [-0.2, 0) is 11.4 Å². The number of rotatable bonds is 7. The van der Waals surface area contributed by atoms with Gasteiger partial charge in [-0.25, -0.2) is 4.39 Å². The number of benzene rings is 3. The lowest BCUT2D eigenvalue weighted by molar-refractivity contribution is -0.114. The molecule has 0 bridgehead atoms. The first-order valence-corrected chi connectivity index (χ1v) is 9.56. The number of amides is 2. The van der Waals surface area contributed by atoms with Gasteiger partial charge in [0.15, 0.2) is 0 Å². The van der Waals surface area contributed by atoms with Crippen LogP contribution in [0.3, 0.4) is 0 Å². The normalized spacial score (nSPS) is 11.4. The molecule has 1 unspecified atom stereocenters. The average Bonchev–Trinajstić information content (AvgIpc) is 2.73. The van der Waals surface area contributed by atoms with E-state index in [2.05, 4.69) is 10.6 Å². The van der Waals surface area contributed by atoms with Crippen LogP contribution in [0.1, 0.15) is 41.4 Å². The van der Waals surface area contributed by atoms with E-state index < -0.39 is 0 Å². The molecular weight excluding hydrogens is 383 g/mol. The second kappa shape index (κ2) is 9.69. The Morgan fingerprint density at radius 2 is 1.73 bits per heavy atom. The number of hydrogen-bond acceptors (Lipinski definition) is 3. The minimum Gasteiger partial charge on any atom is -0.489 e. The van der Waals surface area contributed by atoms with Crippen LogP contribution in [0, 0.1) is 5.82 Å². The van der Waals surface area contributed by atoms with Crippen molar-refractivity contribution in [3.63, 3.8) is 0 Å². The predicted octanol–water partition coefficient (Wildman–Crippen LogP) is 4.85. The largest absolute Gasteiger partial charge is 0.489 e. The maximum Gasteiger partial charge on any atom is 0.251 e. The first-order chi connectivity index (χ1) is 14.4. The van der Waals surface area contributed by atoms with Crippen LogP contribution < -0.4 is 15.4 Å². The summed E-state index contributed by atoms with van der Waals surface area (Å²) in [5.74, 6) is -0.137. The molecule has 2 amide bonds. The van der Waals surface area contributed by atoms with Gasteiger partial charge in [-0.05, 0) is 60.5 Å². The maximum atomic E-state index is 13.0. The number of anilines is 1. The highest BCUT2D eigenvalue weighted by Gasteiger charge is 2.13. The Hall–Kier alpha value is -3.67. The Morgan fingerprint density at radius 3 is 2.47 bits per heavy atom. The van der Waals surface area contributed by atoms with E-state index in [1.165, 1.54) is 19.1 Å². The summed E-state index contributed by atoms with van der Waals surface area (Å²) in [4.78, 5) is 23.9. The molecule has 2 N–H and O–H groups in total. The molecule has 0 heterocycles. The zero-order valence-electron chi connectivity index (χ0n) is 16.8. The Labute approximate surface area is 174 Å². The van der Waals surface area contributed by atoms with E-state index in [1.54, 1.807) is 42.5 Å². The van der Waals surface area contributed by atoms with E-state index in [0.29, 0.717) is 17.0 Å². The third-order valence-corrected chi connectivity index (χ3v) is 4.47. The fraction of sp³-hybridized carbons (Fsp3) is 0.167. The standard InChI is InChI=1S/C24H23FN2O3/c1-16(19-5-3-7-22(13-19)27-17(2)28)26-24(29)20-6-4-8-23(14-20)30-15-18-9-11-21(25)12-10-18/h3-14,16H,15H2,1-2H3,(H,26,29)(H,27,28). The molecule has 0 aliphatic carbocycles. The summed E-state index contributed by atoms with van der Waals surface area (Å²) in [6.07, 6.45) is 0. The van der Waals surface area contributed by atoms with Crippen molar-refractivity contribution in [1.29, 1.82) is 0 Å². The van der Waals surface area contributed by atoms with Crippen molar-refractivity contribution in [2.45, 2.75) is 26.5 Å². The molecule has 5 nitrogen and oxygen atoms in total. The summed E-state index contributed by atoms with van der Waals surface area (Å²) in [6.45, 7) is 3.60. The number of ether oxygens (including phenoxy) is 1. The Bertz CT molecular complexity index is 1030. The van der Waals surface area contributed by atoms with Gasteiger partial charge >= 0.3 is 0 Å². The van der Waals surface area contributed by atoms with E-state index in [1.807, 2.05) is 25.1 Å².